The summed E-state index contributed by atoms with van der Waals surface area (Å²) >= 11 is 1.18. The molecule has 1 unspecified atom stereocenters. The number of aromatic hydroxyl groups is 1. The van der Waals surface area contributed by atoms with E-state index in [0.29, 0.717) is 75.5 Å². The van der Waals surface area contributed by atoms with Crippen LogP contribution in [0.4, 0.5) is 23.2 Å². The highest BCUT2D eigenvalue weighted by atomic mass is 32.2. The van der Waals surface area contributed by atoms with Crippen molar-refractivity contribution >= 4 is 17.4 Å². The van der Waals surface area contributed by atoms with E-state index in [4.69, 9.17) is 5.10 Å². The van der Waals surface area contributed by atoms with E-state index in [9.17, 15) is 27.8 Å². The summed E-state index contributed by atoms with van der Waals surface area (Å²) in [6, 6.07) is 11.6. The van der Waals surface area contributed by atoms with Crippen molar-refractivity contribution < 1.29 is 27.8 Å². The largest absolute Gasteiger partial charge is 0.506 e. The van der Waals surface area contributed by atoms with Crippen LogP contribution < -0.4 is 10.2 Å². The van der Waals surface area contributed by atoms with E-state index in [2.05, 4.69) is 20.0 Å². The van der Waals surface area contributed by atoms with E-state index in [1.54, 1.807) is 18.2 Å². The van der Waals surface area contributed by atoms with Crippen molar-refractivity contribution in [3.8, 4) is 17.0 Å². The molecule has 2 aromatic carbocycles. The minimum Gasteiger partial charge on any atom is -0.506 e. The van der Waals surface area contributed by atoms with Crippen LogP contribution in [-0.2, 0) is 25.7 Å². The minimum absolute atomic E-state index is 0.167. The summed E-state index contributed by atoms with van der Waals surface area (Å²) in [5, 5.41) is 29.6. The molecular formula is C33H42F4N6O2S. The number of fused-ring (bicyclic) bond motifs is 1. The first-order valence-electron chi connectivity index (χ1n) is 16.1. The Morgan fingerprint density at radius 3 is 2.48 bits per heavy atom. The number of para-hydroxylation sites is 2. The lowest BCUT2D eigenvalue weighted by atomic mass is 10.0. The number of likely N-dealkylation sites (tertiary alicyclic amines) is 1. The molecule has 0 aliphatic carbocycles. The molecule has 2 saturated heterocycles. The van der Waals surface area contributed by atoms with E-state index >= 15 is 0 Å². The number of phenolic OH excluding ortho intramolecular Hbond substituents is 1. The van der Waals surface area contributed by atoms with Gasteiger partial charge in [-0.05, 0) is 37.1 Å². The van der Waals surface area contributed by atoms with E-state index < -0.39 is 24.0 Å². The Hall–Kier alpha value is -2.84. The average molecular weight is 663 g/mol. The predicted octanol–water partition coefficient (Wildman–Crippen LogP) is 4.63. The third-order valence-electron chi connectivity index (χ3n) is 9.20. The zero-order valence-corrected chi connectivity index (χ0v) is 26.7. The third kappa shape index (κ3) is 7.82. The molecule has 8 nitrogen and oxygen atoms in total. The number of piperidine rings is 1. The van der Waals surface area contributed by atoms with Crippen LogP contribution in [0.1, 0.15) is 29.7 Å². The van der Waals surface area contributed by atoms with Gasteiger partial charge in [0.05, 0.1) is 29.6 Å². The number of thioether (sulfide) groups is 1. The molecule has 3 aliphatic rings. The number of aliphatic hydroxyl groups excluding tert-OH is 1. The number of aromatic nitrogens is 2. The summed E-state index contributed by atoms with van der Waals surface area (Å²) in [6.07, 6.45) is -4.28. The maximum Gasteiger partial charge on any atom is 0.417 e. The summed E-state index contributed by atoms with van der Waals surface area (Å²) in [4.78, 5) is 6.63. The maximum atomic E-state index is 14.0. The molecule has 6 rings (SSSR count). The monoisotopic (exact) mass is 662 g/mol. The van der Waals surface area contributed by atoms with Crippen LogP contribution in [0.15, 0.2) is 47.4 Å². The highest BCUT2D eigenvalue weighted by molar-refractivity contribution is 7.99. The quantitative estimate of drug-likeness (QED) is 0.215. The van der Waals surface area contributed by atoms with Crippen LogP contribution in [0.2, 0.25) is 0 Å². The topological polar surface area (TPSA) is 80.0 Å². The van der Waals surface area contributed by atoms with Crippen molar-refractivity contribution in [2.24, 2.45) is 0 Å². The molecule has 0 saturated carbocycles. The molecule has 3 aliphatic heterocycles. The summed E-state index contributed by atoms with van der Waals surface area (Å²) in [7, 11) is 0. The average Bonchev–Trinajstić information content (AvgIpc) is 3.40. The number of rotatable bonds is 10. The van der Waals surface area contributed by atoms with Gasteiger partial charge in [0, 0.05) is 99.3 Å². The lowest BCUT2D eigenvalue weighted by Crippen LogP contribution is -2.49. The number of β-amino-alcohol motifs (C(OH)–C–C–N with tert-alkyl or cyclic N) is 1. The van der Waals surface area contributed by atoms with Gasteiger partial charge in [0.15, 0.2) is 0 Å². The highest BCUT2D eigenvalue weighted by Gasteiger charge is 2.34. The molecule has 0 bridgehead atoms. The van der Waals surface area contributed by atoms with Crippen molar-refractivity contribution in [3.63, 3.8) is 0 Å². The van der Waals surface area contributed by atoms with Gasteiger partial charge in [0.25, 0.3) is 0 Å². The molecule has 0 radical (unpaired) electrons. The first-order valence-corrected chi connectivity index (χ1v) is 17.1. The smallest absolute Gasteiger partial charge is 0.417 e. The van der Waals surface area contributed by atoms with Crippen molar-refractivity contribution in [3.05, 3.63) is 59.3 Å². The molecule has 3 aromatic rings. The van der Waals surface area contributed by atoms with Crippen LogP contribution in [0, 0.1) is 0 Å². The number of hydrogen-bond donors (Lipinski definition) is 3. The lowest BCUT2D eigenvalue weighted by Gasteiger charge is -2.37. The summed E-state index contributed by atoms with van der Waals surface area (Å²) in [6.45, 7) is 6.92. The van der Waals surface area contributed by atoms with Crippen molar-refractivity contribution in [2.45, 2.75) is 55.7 Å². The molecule has 46 heavy (non-hydrogen) atoms. The Morgan fingerprint density at radius 2 is 1.74 bits per heavy atom. The molecule has 1 aromatic heterocycles. The van der Waals surface area contributed by atoms with Crippen LogP contribution >= 0.6 is 11.8 Å². The van der Waals surface area contributed by atoms with E-state index in [1.165, 1.54) is 17.8 Å². The summed E-state index contributed by atoms with van der Waals surface area (Å²) in [5.41, 5.74) is 3.39. The van der Waals surface area contributed by atoms with Gasteiger partial charge in [-0.25, -0.2) is 4.39 Å². The van der Waals surface area contributed by atoms with E-state index in [-0.39, 0.29) is 10.6 Å². The highest BCUT2D eigenvalue weighted by Crippen LogP contribution is 2.40. The molecule has 13 heteroatoms. The number of hydrogen-bond acceptors (Lipinski definition) is 8. The fourth-order valence-electron chi connectivity index (χ4n) is 6.69. The minimum atomic E-state index is -4.48. The summed E-state index contributed by atoms with van der Waals surface area (Å²) in [5.74, 6) is 0.739. The molecular weight excluding hydrogens is 620 g/mol. The fraction of sp³-hybridized carbons (Fsp3) is 0.545. The third-order valence-corrected chi connectivity index (χ3v) is 10.2. The molecule has 0 spiro atoms. The number of nitrogens with one attached hydrogen (secondary N) is 1. The van der Waals surface area contributed by atoms with Crippen molar-refractivity contribution in [1.82, 2.24) is 24.9 Å². The van der Waals surface area contributed by atoms with Crippen molar-refractivity contribution in [1.29, 1.82) is 0 Å². The van der Waals surface area contributed by atoms with Crippen LogP contribution in [0.25, 0.3) is 11.3 Å². The fourth-order valence-corrected chi connectivity index (χ4v) is 7.81. The number of phenols is 1. The number of piperazine rings is 1. The Morgan fingerprint density at radius 1 is 0.978 bits per heavy atom. The van der Waals surface area contributed by atoms with E-state index in [0.717, 1.165) is 55.7 Å². The van der Waals surface area contributed by atoms with Gasteiger partial charge in [-0.2, -0.15) is 18.3 Å². The number of benzene rings is 2. The van der Waals surface area contributed by atoms with Gasteiger partial charge in [-0.1, -0.05) is 18.2 Å². The standard InChI is InChI=1S/C33H42F4N6O2S/c34-24-8-11-40(12-9-24)17-18-46-31-19-23(5-6-27(31)33(35,36)37)32-26-20-38-10-7-28(26)43(39-32)22-25(44)21-41-13-15-42(16-14-41)29-3-1-2-4-30(29)45/h1-6,19,24-25,38,44-45H,7-18,20-22H2. The molecule has 3 N–H and O–H groups in total. The molecule has 2 fully saturated rings. The van der Waals surface area contributed by atoms with Gasteiger partial charge in [0.1, 0.15) is 11.9 Å². The Kier molecular flexibility index (Phi) is 10.4. The van der Waals surface area contributed by atoms with Gasteiger partial charge < -0.3 is 25.3 Å². The van der Waals surface area contributed by atoms with Crippen LogP contribution in [0.3, 0.4) is 0 Å². The number of alkyl halides is 4. The number of aliphatic hydroxyl groups is 1. The number of anilines is 1. The van der Waals surface area contributed by atoms with Gasteiger partial charge in [-0.3, -0.25) is 9.58 Å². The zero-order valence-electron chi connectivity index (χ0n) is 25.9. The Balaban J connectivity index is 1.14. The zero-order chi connectivity index (χ0) is 32.3. The second-order valence-corrected chi connectivity index (χ2v) is 13.5. The van der Waals surface area contributed by atoms with Gasteiger partial charge in [0.2, 0.25) is 0 Å². The van der Waals surface area contributed by atoms with Gasteiger partial charge in [-0.15, -0.1) is 11.8 Å². The lowest BCUT2D eigenvalue weighted by molar-refractivity contribution is -0.139. The molecule has 250 valence electrons. The second-order valence-electron chi connectivity index (χ2n) is 12.4. The van der Waals surface area contributed by atoms with E-state index in [1.807, 2.05) is 16.8 Å². The SMILES string of the molecule is Oc1ccccc1N1CCN(CC(O)Cn2nc(-c3ccc(C(F)(F)F)c(SCCN4CCC(F)CC4)c3)c3c2CCNC3)CC1. The first-order chi connectivity index (χ1) is 22.2. The van der Waals surface area contributed by atoms with Gasteiger partial charge >= 0.3 is 6.18 Å². The Labute approximate surface area is 271 Å². The number of halogens is 4. The van der Waals surface area contributed by atoms with Crippen LogP contribution in [0.5, 0.6) is 5.75 Å². The first kappa shape index (κ1) is 33.1. The number of nitrogens with zero attached hydrogens (tertiary/aromatic N) is 5. The molecule has 0 amide bonds. The molecule has 4 heterocycles. The van der Waals surface area contributed by atoms with Crippen molar-refractivity contribution in [2.75, 3.05) is 69.6 Å². The van der Waals surface area contributed by atoms with Crippen LogP contribution in [-0.4, -0.2) is 107 Å². The normalized spacial score (nSPS) is 19.4. The second kappa shape index (κ2) is 14.5. The Bertz CT molecular complexity index is 1470. The maximum absolute atomic E-state index is 14.0. The summed E-state index contributed by atoms with van der Waals surface area (Å²) < 4.78 is 57.4. The molecule has 1 atom stereocenters. The predicted molar refractivity (Wildman–Crippen MR) is 172 cm³/mol.